The van der Waals surface area contributed by atoms with E-state index in [4.69, 9.17) is 4.98 Å². The molecule has 1 aromatic carbocycles. The Bertz CT molecular complexity index is 517. The van der Waals surface area contributed by atoms with Gasteiger partial charge in [-0.2, -0.15) is 0 Å². The fourth-order valence-corrected chi connectivity index (χ4v) is 3.22. The van der Waals surface area contributed by atoms with Crippen molar-refractivity contribution >= 4 is 11.3 Å². The molecule has 18 heavy (non-hydrogen) atoms. The Kier molecular flexibility index (Phi) is 3.43. The Morgan fingerprint density at radius 1 is 1.17 bits per heavy atom. The van der Waals surface area contributed by atoms with Crippen molar-refractivity contribution < 1.29 is 5.11 Å². The molecule has 1 fully saturated rings. The van der Waals surface area contributed by atoms with Crippen LogP contribution >= 0.6 is 11.3 Å². The van der Waals surface area contributed by atoms with E-state index in [1.54, 1.807) is 11.3 Å². The minimum Gasteiger partial charge on any atom is -0.391 e. The molecule has 0 aliphatic heterocycles. The zero-order chi connectivity index (χ0) is 12.4. The van der Waals surface area contributed by atoms with Crippen LogP contribution in [0.25, 0.3) is 0 Å². The van der Waals surface area contributed by atoms with E-state index in [2.05, 4.69) is 24.3 Å². The predicted octanol–water partition coefficient (Wildman–Crippen LogP) is 3.30. The Balaban J connectivity index is 1.69. The Morgan fingerprint density at radius 3 is 2.61 bits per heavy atom. The highest BCUT2D eigenvalue weighted by Gasteiger charge is 2.29. The van der Waals surface area contributed by atoms with E-state index >= 15 is 0 Å². The Hall–Kier alpha value is -1.19. The fourth-order valence-electron chi connectivity index (χ4n) is 2.21. The van der Waals surface area contributed by atoms with Gasteiger partial charge in [-0.05, 0) is 24.8 Å². The van der Waals surface area contributed by atoms with E-state index in [9.17, 15) is 5.11 Å². The van der Waals surface area contributed by atoms with Crippen LogP contribution in [0.5, 0.6) is 0 Å². The topological polar surface area (TPSA) is 33.1 Å². The minimum atomic E-state index is 0.148. The number of aromatic nitrogens is 1. The number of rotatable bonds is 5. The highest BCUT2D eigenvalue weighted by Crippen LogP contribution is 2.42. The quantitative estimate of drug-likeness (QED) is 0.893. The molecule has 1 N–H and O–H groups in total. The third-order valence-corrected chi connectivity index (χ3v) is 4.47. The summed E-state index contributed by atoms with van der Waals surface area (Å²) >= 11 is 1.69. The van der Waals surface area contributed by atoms with Crippen LogP contribution in [0.1, 0.15) is 39.9 Å². The maximum Gasteiger partial charge on any atom is 0.0935 e. The Labute approximate surface area is 111 Å². The molecule has 0 amide bonds. The normalized spacial score (nSPS) is 14.9. The first kappa shape index (κ1) is 11.9. The van der Waals surface area contributed by atoms with Crippen molar-refractivity contribution in [2.75, 3.05) is 0 Å². The van der Waals surface area contributed by atoms with Crippen LogP contribution in [0.2, 0.25) is 0 Å². The van der Waals surface area contributed by atoms with Gasteiger partial charge in [0, 0.05) is 12.3 Å². The van der Waals surface area contributed by atoms with Crippen LogP contribution < -0.4 is 0 Å². The SMILES string of the molecule is OCc1sc(CCc2ccccc2)nc1C1CC1. The largest absolute Gasteiger partial charge is 0.391 e. The zero-order valence-corrected chi connectivity index (χ0v) is 11.1. The van der Waals surface area contributed by atoms with Gasteiger partial charge in [-0.3, -0.25) is 0 Å². The van der Waals surface area contributed by atoms with E-state index < -0.39 is 0 Å². The monoisotopic (exact) mass is 259 g/mol. The van der Waals surface area contributed by atoms with E-state index in [0.29, 0.717) is 5.92 Å². The van der Waals surface area contributed by atoms with Gasteiger partial charge in [-0.15, -0.1) is 11.3 Å². The molecule has 0 radical (unpaired) electrons. The first-order valence-electron chi connectivity index (χ1n) is 6.50. The van der Waals surface area contributed by atoms with Gasteiger partial charge in [0.15, 0.2) is 0 Å². The number of aryl methyl sites for hydroxylation is 2. The maximum atomic E-state index is 9.36. The molecule has 0 saturated heterocycles. The second kappa shape index (κ2) is 5.21. The van der Waals surface area contributed by atoms with Crippen molar-refractivity contribution in [3.63, 3.8) is 0 Å². The number of aliphatic hydroxyl groups excluding tert-OH is 1. The molecular weight excluding hydrogens is 242 g/mol. The van der Waals surface area contributed by atoms with Gasteiger partial charge in [0.25, 0.3) is 0 Å². The summed E-state index contributed by atoms with van der Waals surface area (Å²) < 4.78 is 0. The van der Waals surface area contributed by atoms with Crippen LogP contribution in [-0.2, 0) is 19.4 Å². The molecule has 3 rings (SSSR count). The van der Waals surface area contributed by atoms with Crippen LogP contribution in [0, 0.1) is 0 Å². The lowest BCUT2D eigenvalue weighted by molar-refractivity contribution is 0.284. The van der Waals surface area contributed by atoms with E-state index in [1.807, 2.05) is 6.07 Å². The van der Waals surface area contributed by atoms with Crippen molar-refractivity contribution in [3.05, 3.63) is 51.5 Å². The van der Waals surface area contributed by atoms with Gasteiger partial charge in [0.05, 0.1) is 22.2 Å². The van der Waals surface area contributed by atoms with Crippen molar-refractivity contribution in [2.24, 2.45) is 0 Å². The summed E-state index contributed by atoms with van der Waals surface area (Å²) in [5, 5.41) is 10.5. The molecule has 1 aliphatic rings. The van der Waals surface area contributed by atoms with Crippen molar-refractivity contribution in [2.45, 2.75) is 38.2 Å². The van der Waals surface area contributed by atoms with E-state index in [-0.39, 0.29) is 6.61 Å². The van der Waals surface area contributed by atoms with Gasteiger partial charge in [-0.25, -0.2) is 4.98 Å². The van der Waals surface area contributed by atoms with Gasteiger partial charge < -0.3 is 5.11 Å². The molecule has 1 aliphatic carbocycles. The van der Waals surface area contributed by atoms with Crippen LogP contribution in [0.3, 0.4) is 0 Å². The highest BCUT2D eigenvalue weighted by molar-refractivity contribution is 7.11. The van der Waals surface area contributed by atoms with Gasteiger partial charge in [0.2, 0.25) is 0 Å². The van der Waals surface area contributed by atoms with Crippen LogP contribution in [-0.4, -0.2) is 10.1 Å². The summed E-state index contributed by atoms with van der Waals surface area (Å²) in [6.07, 6.45) is 4.50. The average Bonchev–Trinajstić information content (AvgIpc) is 3.18. The van der Waals surface area contributed by atoms with Gasteiger partial charge >= 0.3 is 0 Å². The first-order chi connectivity index (χ1) is 8.86. The maximum absolute atomic E-state index is 9.36. The van der Waals surface area contributed by atoms with Crippen molar-refractivity contribution in [3.8, 4) is 0 Å². The van der Waals surface area contributed by atoms with Crippen LogP contribution in [0.15, 0.2) is 30.3 Å². The summed E-state index contributed by atoms with van der Waals surface area (Å²) in [6.45, 7) is 0.148. The molecule has 0 atom stereocenters. The lowest BCUT2D eigenvalue weighted by Crippen LogP contribution is -1.91. The Morgan fingerprint density at radius 2 is 1.94 bits per heavy atom. The van der Waals surface area contributed by atoms with E-state index in [0.717, 1.165) is 17.7 Å². The standard InChI is InChI=1S/C15H17NOS/c17-10-13-15(12-7-8-12)16-14(18-13)9-6-11-4-2-1-3-5-11/h1-5,12,17H,6-10H2. The number of thiazole rings is 1. The summed E-state index contributed by atoms with van der Waals surface area (Å²) in [6, 6.07) is 10.5. The third-order valence-electron chi connectivity index (χ3n) is 3.35. The molecule has 0 unspecified atom stereocenters. The van der Waals surface area contributed by atoms with Crippen LogP contribution in [0.4, 0.5) is 0 Å². The van der Waals surface area contributed by atoms with E-state index in [1.165, 1.54) is 29.1 Å². The summed E-state index contributed by atoms with van der Waals surface area (Å²) in [5.74, 6) is 0.633. The predicted molar refractivity (Wildman–Crippen MR) is 73.9 cm³/mol. The van der Waals surface area contributed by atoms with Gasteiger partial charge in [-0.1, -0.05) is 30.3 Å². The fraction of sp³-hybridized carbons (Fsp3) is 0.400. The summed E-state index contributed by atoms with van der Waals surface area (Å²) in [5.41, 5.74) is 2.52. The number of nitrogens with zero attached hydrogens (tertiary/aromatic N) is 1. The van der Waals surface area contributed by atoms with Crippen molar-refractivity contribution in [1.82, 2.24) is 4.98 Å². The average molecular weight is 259 g/mol. The number of hydrogen-bond acceptors (Lipinski definition) is 3. The molecule has 0 bridgehead atoms. The molecule has 94 valence electrons. The second-order valence-electron chi connectivity index (χ2n) is 4.83. The van der Waals surface area contributed by atoms with Gasteiger partial charge in [0.1, 0.15) is 0 Å². The highest BCUT2D eigenvalue weighted by atomic mass is 32.1. The number of benzene rings is 1. The lowest BCUT2D eigenvalue weighted by atomic mass is 10.1. The third kappa shape index (κ3) is 2.62. The van der Waals surface area contributed by atoms with Crippen molar-refractivity contribution in [1.29, 1.82) is 0 Å². The zero-order valence-electron chi connectivity index (χ0n) is 10.3. The molecule has 1 saturated carbocycles. The summed E-state index contributed by atoms with van der Waals surface area (Å²) in [4.78, 5) is 5.80. The number of hydrogen-bond donors (Lipinski definition) is 1. The molecule has 2 nitrogen and oxygen atoms in total. The molecule has 3 heteroatoms. The smallest absolute Gasteiger partial charge is 0.0935 e. The lowest BCUT2D eigenvalue weighted by Gasteiger charge is -1.97. The molecule has 1 heterocycles. The molecule has 0 spiro atoms. The second-order valence-corrected chi connectivity index (χ2v) is 6.00. The molecular formula is C15H17NOS. The molecule has 2 aromatic rings. The number of aliphatic hydroxyl groups is 1. The summed E-state index contributed by atoms with van der Waals surface area (Å²) in [7, 11) is 0. The minimum absolute atomic E-state index is 0.148. The molecule has 1 aromatic heterocycles. The first-order valence-corrected chi connectivity index (χ1v) is 7.31.